The van der Waals surface area contributed by atoms with E-state index in [0.29, 0.717) is 23.2 Å². The van der Waals surface area contributed by atoms with Gasteiger partial charge in [-0.05, 0) is 25.1 Å². The van der Waals surface area contributed by atoms with Crippen LogP contribution in [0.3, 0.4) is 0 Å². The number of rotatable bonds is 3. The Labute approximate surface area is 88.3 Å². The van der Waals surface area contributed by atoms with Crippen LogP contribution < -0.4 is 4.74 Å². The highest BCUT2D eigenvalue weighted by molar-refractivity contribution is 5.76. The zero-order valence-electron chi connectivity index (χ0n) is 8.23. The van der Waals surface area contributed by atoms with Crippen molar-refractivity contribution in [3.63, 3.8) is 0 Å². The van der Waals surface area contributed by atoms with Gasteiger partial charge in [0.15, 0.2) is 6.10 Å². The number of nitrogens with zero attached hydrogens (tertiary/aromatic N) is 1. The number of carbonyl (C=O) groups excluding carboxylic acids is 1. The van der Waals surface area contributed by atoms with Crippen molar-refractivity contribution in [2.45, 2.75) is 13.0 Å². The van der Waals surface area contributed by atoms with Crippen LogP contribution in [0.5, 0.6) is 5.75 Å². The van der Waals surface area contributed by atoms with Gasteiger partial charge in [-0.3, -0.25) is 4.79 Å². The molecule has 0 amide bonds. The summed E-state index contributed by atoms with van der Waals surface area (Å²) in [5, 5.41) is 8.83. The maximum Gasteiger partial charge on any atom is 0.156 e. The molecule has 1 atom stereocenters. The van der Waals surface area contributed by atoms with Crippen LogP contribution >= 0.6 is 0 Å². The second-order valence-corrected chi connectivity index (χ2v) is 2.91. The molecule has 0 aliphatic rings. The number of nitriles is 1. The Morgan fingerprint density at radius 1 is 1.60 bits per heavy atom. The minimum atomic E-state index is -0.404. The molecule has 3 heteroatoms. The number of ether oxygens (including phenoxy) is 1. The summed E-state index contributed by atoms with van der Waals surface area (Å²) >= 11 is 0. The van der Waals surface area contributed by atoms with Crippen molar-refractivity contribution in [1.29, 1.82) is 5.26 Å². The third kappa shape index (κ3) is 2.59. The van der Waals surface area contributed by atoms with Crippen LogP contribution in [0.15, 0.2) is 18.2 Å². The molecule has 0 spiro atoms. The standard InChI is InChI=1S/C12H9NO2/c1-3-9(2)15-12-5-4-10(8-14)6-11(12)7-13/h1,4-6,8-9H,2H3. The smallest absolute Gasteiger partial charge is 0.156 e. The summed E-state index contributed by atoms with van der Waals surface area (Å²) in [5.41, 5.74) is 0.744. The fourth-order valence-corrected chi connectivity index (χ4v) is 1.04. The lowest BCUT2D eigenvalue weighted by Crippen LogP contribution is -2.09. The largest absolute Gasteiger partial charge is 0.477 e. The van der Waals surface area contributed by atoms with Gasteiger partial charge in [-0.2, -0.15) is 5.26 Å². The van der Waals surface area contributed by atoms with Crippen molar-refractivity contribution in [2.75, 3.05) is 0 Å². The Hall–Kier alpha value is -2.26. The number of hydrogen-bond donors (Lipinski definition) is 0. The van der Waals surface area contributed by atoms with Crippen molar-refractivity contribution in [1.82, 2.24) is 0 Å². The molecule has 1 rings (SSSR count). The average molecular weight is 199 g/mol. The van der Waals surface area contributed by atoms with Gasteiger partial charge in [-0.25, -0.2) is 0 Å². The van der Waals surface area contributed by atoms with E-state index in [9.17, 15) is 4.79 Å². The highest BCUT2D eigenvalue weighted by Gasteiger charge is 2.06. The summed E-state index contributed by atoms with van der Waals surface area (Å²) < 4.78 is 5.31. The third-order valence-corrected chi connectivity index (χ3v) is 1.80. The highest BCUT2D eigenvalue weighted by atomic mass is 16.5. The first kappa shape index (κ1) is 10.8. The van der Waals surface area contributed by atoms with Gasteiger partial charge >= 0.3 is 0 Å². The number of carbonyl (C=O) groups is 1. The minimum absolute atomic E-state index is 0.307. The number of aldehydes is 1. The molecule has 1 aromatic rings. The van der Waals surface area contributed by atoms with Crippen molar-refractivity contribution in [2.24, 2.45) is 0 Å². The van der Waals surface area contributed by atoms with Gasteiger partial charge in [-0.15, -0.1) is 6.42 Å². The maximum absolute atomic E-state index is 10.5. The summed E-state index contributed by atoms with van der Waals surface area (Å²) in [4.78, 5) is 10.5. The van der Waals surface area contributed by atoms with Crippen LogP contribution in [0, 0.1) is 23.7 Å². The molecule has 0 radical (unpaired) electrons. The molecule has 0 saturated carbocycles. The summed E-state index contributed by atoms with van der Waals surface area (Å²) in [6, 6.07) is 6.55. The molecule has 0 aliphatic heterocycles. The van der Waals surface area contributed by atoms with Gasteiger partial charge in [0, 0.05) is 5.56 Å². The zero-order chi connectivity index (χ0) is 11.3. The molecule has 0 aromatic heterocycles. The van der Waals surface area contributed by atoms with E-state index in [4.69, 9.17) is 16.4 Å². The Kier molecular flexibility index (Phi) is 3.49. The lowest BCUT2D eigenvalue weighted by atomic mass is 10.1. The van der Waals surface area contributed by atoms with E-state index in [1.165, 1.54) is 6.07 Å². The molecule has 0 saturated heterocycles. The quantitative estimate of drug-likeness (QED) is 0.550. The van der Waals surface area contributed by atoms with E-state index < -0.39 is 6.10 Å². The van der Waals surface area contributed by atoms with Gasteiger partial charge in [0.05, 0.1) is 5.56 Å². The molecule has 3 nitrogen and oxygen atoms in total. The van der Waals surface area contributed by atoms with E-state index in [1.54, 1.807) is 19.1 Å². The molecule has 0 fully saturated rings. The van der Waals surface area contributed by atoms with Crippen LogP contribution in [0.4, 0.5) is 0 Å². The summed E-state index contributed by atoms with van der Waals surface area (Å²) in [7, 11) is 0. The highest BCUT2D eigenvalue weighted by Crippen LogP contribution is 2.19. The number of terminal acetylenes is 1. The molecule has 1 aromatic carbocycles. The van der Waals surface area contributed by atoms with E-state index in [-0.39, 0.29) is 0 Å². The molecule has 0 N–H and O–H groups in total. The lowest BCUT2D eigenvalue weighted by molar-refractivity contribution is 0.112. The minimum Gasteiger partial charge on any atom is -0.477 e. The summed E-state index contributed by atoms with van der Waals surface area (Å²) in [5.74, 6) is 2.79. The fourth-order valence-electron chi connectivity index (χ4n) is 1.04. The van der Waals surface area contributed by atoms with Crippen LogP contribution in [-0.4, -0.2) is 12.4 Å². The first-order valence-corrected chi connectivity index (χ1v) is 4.33. The Morgan fingerprint density at radius 3 is 2.87 bits per heavy atom. The fraction of sp³-hybridized carbons (Fsp3) is 0.167. The molecular weight excluding hydrogens is 190 g/mol. The van der Waals surface area contributed by atoms with Crippen molar-refractivity contribution in [3.8, 4) is 24.2 Å². The molecular formula is C12H9NO2. The van der Waals surface area contributed by atoms with Crippen molar-refractivity contribution < 1.29 is 9.53 Å². The van der Waals surface area contributed by atoms with Crippen LogP contribution in [0.1, 0.15) is 22.8 Å². The first-order valence-electron chi connectivity index (χ1n) is 4.33. The third-order valence-electron chi connectivity index (χ3n) is 1.80. The van der Waals surface area contributed by atoms with Gasteiger partial charge in [0.25, 0.3) is 0 Å². The summed E-state index contributed by atoms with van der Waals surface area (Å²) in [6.45, 7) is 1.70. The Bertz CT molecular complexity index is 452. The molecule has 0 heterocycles. The molecule has 0 aliphatic carbocycles. The molecule has 15 heavy (non-hydrogen) atoms. The second kappa shape index (κ2) is 4.83. The maximum atomic E-state index is 10.5. The van der Waals surface area contributed by atoms with Crippen LogP contribution in [-0.2, 0) is 0 Å². The van der Waals surface area contributed by atoms with E-state index in [1.807, 2.05) is 6.07 Å². The van der Waals surface area contributed by atoms with E-state index in [0.717, 1.165) is 0 Å². The van der Waals surface area contributed by atoms with Crippen LogP contribution in [0.2, 0.25) is 0 Å². The van der Waals surface area contributed by atoms with E-state index >= 15 is 0 Å². The van der Waals surface area contributed by atoms with Crippen molar-refractivity contribution >= 4 is 6.29 Å². The second-order valence-electron chi connectivity index (χ2n) is 2.91. The normalized spacial score (nSPS) is 10.9. The molecule has 1 unspecified atom stereocenters. The summed E-state index contributed by atoms with van der Waals surface area (Å²) in [6.07, 6.45) is 5.43. The molecule has 74 valence electrons. The lowest BCUT2D eigenvalue weighted by Gasteiger charge is -2.10. The van der Waals surface area contributed by atoms with Gasteiger partial charge in [0.1, 0.15) is 18.1 Å². The van der Waals surface area contributed by atoms with Crippen molar-refractivity contribution in [3.05, 3.63) is 29.3 Å². The van der Waals surface area contributed by atoms with Gasteiger partial charge in [-0.1, -0.05) is 5.92 Å². The first-order chi connectivity index (χ1) is 7.21. The Morgan fingerprint density at radius 2 is 2.33 bits per heavy atom. The number of benzene rings is 1. The monoisotopic (exact) mass is 199 g/mol. The van der Waals surface area contributed by atoms with Gasteiger partial charge < -0.3 is 4.74 Å². The average Bonchev–Trinajstić information content (AvgIpc) is 2.29. The topological polar surface area (TPSA) is 50.1 Å². The predicted molar refractivity (Wildman–Crippen MR) is 55.5 cm³/mol. The Balaban J connectivity index is 3.05. The van der Waals surface area contributed by atoms with Crippen LogP contribution in [0.25, 0.3) is 0 Å². The van der Waals surface area contributed by atoms with Gasteiger partial charge in [0.2, 0.25) is 0 Å². The predicted octanol–water partition coefficient (Wildman–Crippen LogP) is 1.77. The SMILES string of the molecule is C#CC(C)Oc1ccc(C=O)cc1C#N. The zero-order valence-corrected chi connectivity index (χ0v) is 8.23. The molecule has 0 bridgehead atoms. The number of hydrogen-bond acceptors (Lipinski definition) is 3. The van der Waals surface area contributed by atoms with E-state index in [2.05, 4.69) is 5.92 Å².